The molecule has 5 heteroatoms. The van der Waals surface area contributed by atoms with Crippen molar-refractivity contribution in [3.63, 3.8) is 0 Å². The van der Waals surface area contributed by atoms with E-state index in [0.717, 1.165) is 11.9 Å². The number of pyridine rings is 1. The van der Waals surface area contributed by atoms with Gasteiger partial charge in [-0.1, -0.05) is 6.07 Å². The SMILES string of the molecule is CN(C)c1cccc(Oc2ncc(F)cc2CCl)c1. The summed E-state index contributed by atoms with van der Waals surface area (Å²) in [7, 11) is 3.89. The number of aromatic nitrogens is 1. The molecule has 0 atom stereocenters. The second kappa shape index (κ2) is 5.89. The van der Waals surface area contributed by atoms with E-state index in [2.05, 4.69) is 4.98 Å². The van der Waals surface area contributed by atoms with Crippen molar-refractivity contribution in [2.45, 2.75) is 5.88 Å². The van der Waals surface area contributed by atoms with Gasteiger partial charge in [0.1, 0.15) is 11.6 Å². The average Bonchev–Trinajstić information content (AvgIpc) is 2.41. The summed E-state index contributed by atoms with van der Waals surface area (Å²) in [5, 5.41) is 0. The molecule has 0 unspecified atom stereocenters. The maximum Gasteiger partial charge on any atom is 0.223 e. The van der Waals surface area contributed by atoms with Gasteiger partial charge >= 0.3 is 0 Å². The number of halogens is 2. The van der Waals surface area contributed by atoms with Gasteiger partial charge in [0.25, 0.3) is 0 Å². The van der Waals surface area contributed by atoms with E-state index >= 15 is 0 Å². The molecule has 1 heterocycles. The third kappa shape index (κ3) is 3.35. The molecule has 0 N–H and O–H groups in total. The van der Waals surface area contributed by atoms with Gasteiger partial charge < -0.3 is 9.64 Å². The molecule has 2 aromatic rings. The van der Waals surface area contributed by atoms with Crippen LogP contribution >= 0.6 is 11.6 Å². The second-order valence-electron chi connectivity index (χ2n) is 4.25. The van der Waals surface area contributed by atoms with Crippen molar-refractivity contribution in [1.82, 2.24) is 4.98 Å². The number of anilines is 1. The topological polar surface area (TPSA) is 25.4 Å². The van der Waals surface area contributed by atoms with Crippen LogP contribution < -0.4 is 9.64 Å². The summed E-state index contributed by atoms with van der Waals surface area (Å²) in [6, 6.07) is 8.87. The Bertz CT molecular complexity index is 575. The molecule has 0 bridgehead atoms. The molecule has 0 radical (unpaired) electrons. The first-order valence-electron chi connectivity index (χ1n) is 5.76. The molecular weight excluding hydrogens is 267 g/mol. The summed E-state index contributed by atoms with van der Waals surface area (Å²) < 4.78 is 18.7. The molecule has 1 aromatic carbocycles. The fourth-order valence-electron chi connectivity index (χ4n) is 1.59. The van der Waals surface area contributed by atoms with Crippen molar-refractivity contribution in [2.75, 3.05) is 19.0 Å². The van der Waals surface area contributed by atoms with E-state index in [4.69, 9.17) is 16.3 Å². The molecule has 1 aromatic heterocycles. The zero-order valence-corrected chi connectivity index (χ0v) is 11.5. The smallest absolute Gasteiger partial charge is 0.223 e. The van der Waals surface area contributed by atoms with Gasteiger partial charge in [0, 0.05) is 31.4 Å². The van der Waals surface area contributed by atoms with E-state index in [1.807, 2.05) is 43.3 Å². The molecular formula is C14H14ClFN2O. The predicted octanol–water partition coefficient (Wildman–Crippen LogP) is 3.82. The Labute approximate surface area is 116 Å². The molecule has 19 heavy (non-hydrogen) atoms. The maximum absolute atomic E-state index is 13.1. The fraction of sp³-hybridized carbons (Fsp3) is 0.214. The van der Waals surface area contributed by atoms with Crippen LogP contribution in [0.1, 0.15) is 5.56 Å². The van der Waals surface area contributed by atoms with Gasteiger partial charge in [-0.25, -0.2) is 9.37 Å². The van der Waals surface area contributed by atoms with Crippen molar-refractivity contribution >= 4 is 17.3 Å². The zero-order chi connectivity index (χ0) is 13.8. The number of rotatable bonds is 4. The lowest BCUT2D eigenvalue weighted by atomic mass is 10.2. The van der Waals surface area contributed by atoms with Crippen LogP contribution in [0.5, 0.6) is 11.6 Å². The summed E-state index contributed by atoms with van der Waals surface area (Å²) in [6.07, 6.45) is 1.11. The van der Waals surface area contributed by atoms with E-state index in [1.165, 1.54) is 6.07 Å². The summed E-state index contributed by atoms with van der Waals surface area (Å²) in [5.41, 5.74) is 1.53. The van der Waals surface area contributed by atoms with Crippen LogP contribution in [0.3, 0.4) is 0 Å². The number of alkyl halides is 1. The van der Waals surface area contributed by atoms with Crippen LogP contribution in [0.4, 0.5) is 10.1 Å². The summed E-state index contributed by atoms with van der Waals surface area (Å²) in [5.74, 6) is 0.682. The van der Waals surface area contributed by atoms with Crippen molar-refractivity contribution in [3.8, 4) is 11.6 Å². The van der Waals surface area contributed by atoms with Gasteiger partial charge in [-0.05, 0) is 18.2 Å². The highest BCUT2D eigenvalue weighted by Crippen LogP contribution is 2.27. The third-order valence-corrected chi connectivity index (χ3v) is 2.87. The predicted molar refractivity (Wildman–Crippen MR) is 74.6 cm³/mol. The van der Waals surface area contributed by atoms with E-state index in [-0.39, 0.29) is 5.88 Å². The van der Waals surface area contributed by atoms with Gasteiger partial charge in [0.15, 0.2) is 0 Å². The molecule has 0 amide bonds. The first-order valence-corrected chi connectivity index (χ1v) is 6.29. The van der Waals surface area contributed by atoms with Gasteiger partial charge in [-0.3, -0.25) is 0 Å². The third-order valence-electron chi connectivity index (χ3n) is 2.58. The van der Waals surface area contributed by atoms with Gasteiger partial charge in [-0.15, -0.1) is 11.6 Å². The molecule has 0 saturated carbocycles. The van der Waals surface area contributed by atoms with Crippen LogP contribution in [0.2, 0.25) is 0 Å². The minimum absolute atomic E-state index is 0.146. The molecule has 100 valence electrons. The first kappa shape index (κ1) is 13.6. The molecule has 0 aliphatic rings. The van der Waals surface area contributed by atoms with E-state index in [9.17, 15) is 4.39 Å². The van der Waals surface area contributed by atoms with Gasteiger partial charge in [0.2, 0.25) is 5.88 Å². The Morgan fingerprint density at radius 1 is 1.32 bits per heavy atom. The highest BCUT2D eigenvalue weighted by molar-refractivity contribution is 6.17. The average molecular weight is 281 g/mol. The fourth-order valence-corrected chi connectivity index (χ4v) is 1.78. The molecule has 0 aliphatic carbocycles. The summed E-state index contributed by atoms with van der Waals surface area (Å²) in [4.78, 5) is 5.89. The number of nitrogens with zero attached hydrogens (tertiary/aromatic N) is 2. The molecule has 0 spiro atoms. The molecule has 0 fully saturated rings. The number of benzene rings is 1. The van der Waals surface area contributed by atoms with Crippen LogP contribution in [-0.2, 0) is 5.88 Å². The van der Waals surface area contributed by atoms with Crippen molar-refractivity contribution in [1.29, 1.82) is 0 Å². The van der Waals surface area contributed by atoms with Crippen molar-refractivity contribution in [2.24, 2.45) is 0 Å². The Kier molecular flexibility index (Phi) is 4.22. The van der Waals surface area contributed by atoms with E-state index in [0.29, 0.717) is 17.2 Å². The lowest BCUT2D eigenvalue weighted by molar-refractivity contribution is 0.454. The number of ether oxygens (including phenoxy) is 1. The minimum atomic E-state index is -0.426. The Balaban J connectivity index is 2.28. The molecule has 0 saturated heterocycles. The van der Waals surface area contributed by atoms with Crippen LogP contribution in [0.25, 0.3) is 0 Å². The normalized spacial score (nSPS) is 10.3. The Morgan fingerprint density at radius 3 is 2.79 bits per heavy atom. The Hall–Kier alpha value is -1.81. The van der Waals surface area contributed by atoms with Crippen molar-refractivity contribution < 1.29 is 9.13 Å². The quantitative estimate of drug-likeness (QED) is 0.796. The summed E-state index contributed by atoms with van der Waals surface area (Å²) >= 11 is 5.76. The first-order chi connectivity index (χ1) is 9.10. The lowest BCUT2D eigenvalue weighted by Crippen LogP contribution is -2.08. The highest BCUT2D eigenvalue weighted by Gasteiger charge is 2.08. The molecule has 3 nitrogen and oxygen atoms in total. The van der Waals surface area contributed by atoms with Crippen LogP contribution in [-0.4, -0.2) is 19.1 Å². The standard InChI is InChI=1S/C14H14ClFN2O/c1-18(2)12-4-3-5-13(7-12)19-14-10(8-15)6-11(16)9-17-14/h3-7,9H,8H2,1-2H3. The molecule has 2 rings (SSSR count). The molecule has 0 aliphatic heterocycles. The van der Waals surface area contributed by atoms with Crippen molar-refractivity contribution in [3.05, 3.63) is 47.9 Å². The zero-order valence-electron chi connectivity index (χ0n) is 10.7. The lowest BCUT2D eigenvalue weighted by Gasteiger charge is -2.14. The minimum Gasteiger partial charge on any atom is -0.439 e. The van der Waals surface area contributed by atoms with Gasteiger partial charge in [-0.2, -0.15) is 0 Å². The van der Waals surface area contributed by atoms with Crippen LogP contribution in [0, 0.1) is 5.82 Å². The summed E-state index contributed by atoms with van der Waals surface area (Å²) in [6.45, 7) is 0. The highest BCUT2D eigenvalue weighted by atomic mass is 35.5. The van der Waals surface area contributed by atoms with Gasteiger partial charge in [0.05, 0.1) is 12.1 Å². The number of hydrogen-bond acceptors (Lipinski definition) is 3. The Morgan fingerprint density at radius 2 is 2.11 bits per heavy atom. The second-order valence-corrected chi connectivity index (χ2v) is 4.51. The monoisotopic (exact) mass is 280 g/mol. The number of hydrogen-bond donors (Lipinski definition) is 0. The van der Waals surface area contributed by atoms with Crippen LogP contribution in [0.15, 0.2) is 36.5 Å². The van der Waals surface area contributed by atoms with E-state index < -0.39 is 5.82 Å². The van der Waals surface area contributed by atoms with E-state index in [1.54, 1.807) is 0 Å². The maximum atomic E-state index is 13.1. The largest absolute Gasteiger partial charge is 0.439 e.